The van der Waals surface area contributed by atoms with E-state index in [2.05, 4.69) is 0 Å². The van der Waals surface area contributed by atoms with E-state index in [0.717, 1.165) is 5.56 Å². The van der Waals surface area contributed by atoms with Crippen LogP contribution in [0.4, 0.5) is 0 Å². The molecule has 1 heterocycles. The van der Waals surface area contributed by atoms with Crippen LogP contribution < -0.4 is 9.47 Å². The van der Waals surface area contributed by atoms with Gasteiger partial charge in [-0.15, -0.1) is 0 Å². The van der Waals surface area contributed by atoms with Gasteiger partial charge in [0.15, 0.2) is 11.5 Å². The smallest absolute Gasteiger partial charge is 0.336 e. The summed E-state index contributed by atoms with van der Waals surface area (Å²) in [4.78, 5) is 27.6. The van der Waals surface area contributed by atoms with Gasteiger partial charge in [-0.25, -0.2) is 9.59 Å². The number of benzene rings is 2. The Balaban J connectivity index is 2.21. The molecule has 32 heavy (non-hydrogen) atoms. The van der Waals surface area contributed by atoms with E-state index in [9.17, 15) is 9.59 Å². The quantitative estimate of drug-likeness (QED) is 0.607. The van der Waals surface area contributed by atoms with Crippen LogP contribution in [0.5, 0.6) is 11.5 Å². The van der Waals surface area contributed by atoms with E-state index in [1.54, 1.807) is 30.6 Å². The van der Waals surface area contributed by atoms with Gasteiger partial charge < -0.3 is 23.8 Å². The van der Waals surface area contributed by atoms with Crippen molar-refractivity contribution < 1.29 is 28.5 Å². The van der Waals surface area contributed by atoms with Gasteiger partial charge in [0, 0.05) is 18.0 Å². The molecule has 0 amide bonds. The van der Waals surface area contributed by atoms with Gasteiger partial charge in [-0.1, -0.05) is 42.5 Å². The number of carbonyl (C=O) groups excluding carboxylic acids is 2. The minimum Gasteiger partial charge on any atom is -0.493 e. The summed E-state index contributed by atoms with van der Waals surface area (Å²) >= 11 is 0. The molecule has 0 unspecified atom stereocenters. The van der Waals surface area contributed by atoms with Crippen molar-refractivity contribution in [3.05, 3.63) is 83.2 Å². The van der Waals surface area contributed by atoms with Crippen molar-refractivity contribution in [2.24, 2.45) is 0 Å². The zero-order valence-electron chi connectivity index (χ0n) is 18.8. The van der Waals surface area contributed by atoms with Crippen molar-refractivity contribution in [2.45, 2.75) is 18.9 Å². The van der Waals surface area contributed by atoms with Gasteiger partial charge in [-0.2, -0.15) is 0 Å². The molecule has 0 spiro atoms. The number of methoxy groups -OCH3 is 4. The zero-order chi connectivity index (χ0) is 23.3. The van der Waals surface area contributed by atoms with Gasteiger partial charge in [0.05, 0.1) is 51.5 Å². The Morgan fingerprint density at radius 2 is 1.41 bits per heavy atom. The van der Waals surface area contributed by atoms with E-state index in [1.165, 1.54) is 28.4 Å². The van der Waals surface area contributed by atoms with Crippen molar-refractivity contribution in [2.75, 3.05) is 28.4 Å². The van der Waals surface area contributed by atoms with E-state index >= 15 is 0 Å². The zero-order valence-corrected chi connectivity index (χ0v) is 18.8. The minimum absolute atomic E-state index is 0.149. The molecule has 168 valence electrons. The van der Waals surface area contributed by atoms with Crippen LogP contribution in [0.1, 0.15) is 30.0 Å². The van der Waals surface area contributed by atoms with Gasteiger partial charge in [-0.3, -0.25) is 0 Å². The molecule has 7 heteroatoms. The molecule has 0 fully saturated rings. The monoisotopic (exact) mass is 437 g/mol. The van der Waals surface area contributed by atoms with Crippen LogP contribution in [0.3, 0.4) is 0 Å². The van der Waals surface area contributed by atoms with Crippen molar-refractivity contribution in [1.82, 2.24) is 4.90 Å². The summed E-state index contributed by atoms with van der Waals surface area (Å²) in [6.07, 6.45) is 3.42. The fraction of sp³-hybridized carbons (Fsp3) is 0.280. The molecule has 2 aromatic carbocycles. The first-order valence-electron chi connectivity index (χ1n) is 10.1. The van der Waals surface area contributed by atoms with Crippen molar-refractivity contribution in [1.29, 1.82) is 0 Å². The second-order valence-electron chi connectivity index (χ2n) is 7.20. The van der Waals surface area contributed by atoms with Gasteiger partial charge >= 0.3 is 11.9 Å². The maximum atomic E-state index is 12.9. The number of hydrogen-bond donors (Lipinski definition) is 0. The number of hydrogen-bond acceptors (Lipinski definition) is 7. The molecule has 0 bridgehead atoms. The van der Waals surface area contributed by atoms with Gasteiger partial charge in [-0.05, 0) is 18.6 Å². The van der Waals surface area contributed by atoms with Crippen LogP contribution in [-0.2, 0) is 19.1 Å². The Hall–Kier alpha value is -3.74. The first kappa shape index (κ1) is 22.9. The lowest BCUT2D eigenvalue weighted by molar-refractivity contribution is -0.137. The summed E-state index contributed by atoms with van der Waals surface area (Å²) in [6.45, 7) is 1.98. The first-order chi connectivity index (χ1) is 15.5. The number of nitrogens with zero attached hydrogens (tertiary/aromatic N) is 1. The molecule has 0 N–H and O–H groups in total. The molecule has 1 aliphatic heterocycles. The Bertz CT molecular complexity index is 1010. The van der Waals surface area contributed by atoms with Gasteiger partial charge in [0.2, 0.25) is 0 Å². The average Bonchev–Trinajstić information content (AvgIpc) is 2.86. The summed E-state index contributed by atoms with van der Waals surface area (Å²) in [5.41, 5.74) is 2.17. The summed E-state index contributed by atoms with van der Waals surface area (Å²) in [7, 11) is 5.66. The Morgan fingerprint density at radius 1 is 0.812 bits per heavy atom. The Kier molecular flexibility index (Phi) is 7.20. The number of rotatable bonds is 7. The van der Waals surface area contributed by atoms with Crippen LogP contribution in [-0.4, -0.2) is 45.3 Å². The van der Waals surface area contributed by atoms with E-state index < -0.39 is 17.9 Å². The minimum atomic E-state index is -0.765. The van der Waals surface area contributed by atoms with Gasteiger partial charge in [0.1, 0.15) is 0 Å². The molecule has 0 saturated carbocycles. The molecule has 3 rings (SSSR count). The van der Waals surface area contributed by atoms with Crippen molar-refractivity contribution in [3.8, 4) is 11.5 Å². The second-order valence-corrected chi connectivity index (χ2v) is 7.20. The number of esters is 2. The van der Waals surface area contributed by atoms with Gasteiger partial charge in [0.25, 0.3) is 0 Å². The molecule has 0 aromatic heterocycles. The fourth-order valence-electron chi connectivity index (χ4n) is 3.85. The normalized spacial score (nSPS) is 14.7. The fourth-order valence-corrected chi connectivity index (χ4v) is 3.85. The van der Waals surface area contributed by atoms with Crippen LogP contribution in [0.15, 0.2) is 72.1 Å². The lowest BCUT2D eigenvalue weighted by Crippen LogP contribution is -2.30. The maximum Gasteiger partial charge on any atom is 0.336 e. The molecule has 0 aliphatic carbocycles. The van der Waals surface area contributed by atoms with E-state index in [1.807, 2.05) is 42.2 Å². The molecule has 7 nitrogen and oxygen atoms in total. The highest BCUT2D eigenvalue weighted by Crippen LogP contribution is 2.45. The lowest BCUT2D eigenvalue weighted by atomic mass is 9.82. The maximum absolute atomic E-state index is 12.9. The third-order valence-electron chi connectivity index (χ3n) is 5.51. The van der Waals surface area contributed by atoms with Crippen LogP contribution in [0.25, 0.3) is 0 Å². The molecule has 1 aliphatic rings. The largest absolute Gasteiger partial charge is 0.493 e. The highest BCUT2D eigenvalue weighted by Gasteiger charge is 2.38. The molecular weight excluding hydrogens is 410 g/mol. The number of para-hydroxylation sites is 1. The Morgan fingerprint density at radius 3 is 1.91 bits per heavy atom. The summed E-state index contributed by atoms with van der Waals surface area (Å²) in [5.74, 6) is -0.967. The topological polar surface area (TPSA) is 74.3 Å². The van der Waals surface area contributed by atoms with E-state index in [4.69, 9.17) is 18.9 Å². The number of ether oxygens (including phenoxy) is 4. The number of carbonyl (C=O) groups is 2. The standard InChI is InChI=1S/C25H27NO6/c1-16(17-10-7-6-8-11-17)26-14-19(24(27)31-4)22(20(15-26)25(28)32-5)18-12-9-13-21(29-2)23(18)30-3/h6-16,22H,1-5H3/t16-/m0/s1. The summed E-state index contributed by atoms with van der Waals surface area (Å²) in [6, 6.07) is 14.9. The van der Waals surface area contributed by atoms with Crippen LogP contribution in [0, 0.1) is 0 Å². The summed E-state index contributed by atoms with van der Waals surface area (Å²) < 4.78 is 21.2. The predicted octanol–water partition coefficient (Wildman–Crippen LogP) is 3.98. The van der Waals surface area contributed by atoms with Crippen molar-refractivity contribution >= 4 is 11.9 Å². The highest BCUT2D eigenvalue weighted by molar-refractivity contribution is 5.99. The third kappa shape index (κ3) is 4.32. The predicted molar refractivity (Wildman–Crippen MR) is 119 cm³/mol. The average molecular weight is 437 g/mol. The van der Waals surface area contributed by atoms with Crippen molar-refractivity contribution in [3.63, 3.8) is 0 Å². The first-order valence-corrected chi connectivity index (χ1v) is 10.1. The third-order valence-corrected chi connectivity index (χ3v) is 5.51. The highest BCUT2D eigenvalue weighted by atomic mass is 16.5. The second kappa shape index (κ2) is 10.0. The molecular formula is C25H27NO6. The molecule has 2 aromatic rings. The Labute approximate surface area is 187 Å². The SMILES string of the molecule is COC(=O)C1=CN([C@@H](C)c2ccccc2)C=C(C(=O)OC)C1c1cccc(OC)c1OC. The summed E-state index contributed by atoms with van der Waals surface area (Å²) in [5, 5.41) is 0. The van der Waals surface area contributed by atoms with E-state index in [0.29, 0.717) is 17.1 Å². The van der Waals surface area contributed by atoms with Crippen LogP contribution in [0.2, 0.25) is 0 Å². The molecule has 0 radical (unpaired) electrons. The lowest BCUT2D eigenvalue weighted by Gasteiger charge is -2.34. The molecule has 1 atom stereocenters. The molecule has 0 saturated heterocycles. The van der Waals surface area contributed by atoms with E-state index in [-0.39, 0.29) is 17.2 Å². The van der Waals surface area contributed by atoms with Crippen LogP contribution >= 0.6 is 0 Å².